The molecule has 2 N–H and O–H groups in total. The molecule has 2 aromatic carbocycles. The summed E-state index contributed by atoms with van der Waals surface area (Å²) in [6.45, 7) is 7.90. The number of nitrogens with zero attached hydrogens (tertiary/aromatic N) is 1. The van der Waals surface area contributed by atoms with Gasteiger partial charge in [-0.2, -0.15) is 0 Å². The normalized spacial score (nSPS) is 11.4. The van der Waals surface area contributed by atoms with Crippen LogP contribution in [0.3, 0.4) is 0 Å². The van der Waals surface area contributed by atoms with E-state index in [1.807, 2.05) is 38.4 Å². The molecular formula is C23H31N3O2. The van der Waals surface area contributed by atoms with E-state index in [-0.39, 0.29) is 17.2 Å². The summed E-state index contributed by atoms with van der Waals surface area (Å²) < 4.78 is 0. The molecule has 28 heavy (non-hydrogen) atoms. The van der Waals surface area contributed by atoms with E-state index in [1.165, 1.54) is 0 Å². The van der Waals surface area contributed by atoms with Gasteiger partial charge in [0.05, 0.1) is 0 Å². The quantitative estimate of drug-likeness (QED) is 0.715. The number of benzene rings is 2. The van der Waals surface area contributed by atoms with Crippen LogP contribution in [0.25, 0.3) is 0 Å². The van der Waals surface area contributed by atoms with Crippen molar-refractivity contribution in [2.45, 2.75) is 32.6 Å². The number of nitrogens with one attached hydrogen (secondary N) is 2. The van der Waals surface area contributed by atoms with Gasteiger partial charge in [-0.3, -0.25) is 9.59 Å². The van der Waals surface area contributed by atoms with Crippen LogP contribution in [0.5, 0.6) is 0 Å². The molecule has 0 saturated heterocycles. The zero-order valence-corrected chi connectivity index (χ0v) is 17.5. The van der Waals surface area contributed by atoms with Gasteiger partial charge in [0.2, 0.25) is 0 Å². The Balaban J connectivity index is 2.00. The molecule has 2 amide bonds. The van der Waals surface area contributed by atoms with E-state index in [1.54, 1.807) is 24.3 Å². The van der Waals surface area contributed by atoms with E-state index in [9.17, 15) is 9.59 Å². The lowest BCUT2D eigenvalue weighted by Crippen LogP contribution is -2.27. The Morgan fingerprint density at radius 2 is 1.46 bits per heavy atom. The van der Waals surface area contributed by atoms with E-state index in [0.29, 0.717) is 17.7 Å². The third kappa shape index (κ3) is 6.20. The fourth-order valence-corrected chi connectivity index (χ4v) is 2.91. The first kappa shape index (κ1) is 21.6. The molecule has 0 spiro atoms. The Hall–Kier alpha value is -2.66. The Bertz CT molecular complexity index is 805. The lowest BCUT2D eigenvalue weighted by Gasteiger charge is -2.23. The van der Waals surface area contributed by atoms with Gasteiger partial charge < -0.3 is 15.5 Å². The van der Waals surface area contributed by atoms with Gasteiger partial charge in [0, 0.05) is 23.4 Å². The fraction of sp³-hybridized carbons (Fsp3) is 0.391. The Morgan fingerprint density at radius 1 is 0.893 bits per heavy atom. The molecule has 0 bridgehead atoms. The van der Waals surface area contributed by atoms with Crippen LogP contribution in [0.2, 0.25) is 0 Å². The highest BCUT2D eigenvalue weighted by molar-refractivity contribution is 6.05. The third-order valence-electron chi connectivity index (χ3n) is 4.46. The molecule has 0 radical (unpaired) electrons. The average Bonchev–Trinajstić information content (AvgIpc) is 2.64. The maximum Gasteiger partial charge on any atom is 0.255 e. The second-order valence-corrected chi connectivity index (χ2v) is 8.24. The minimum absolute atomic E-state index is 0.0710. The molecule has 0 atom stereocenters. The summed E-state index contributed by atoms with van der Waals surface area (Å²) in [4.78, 5) is 26.9. The van der Waals surface area contributed by atoms with Crippen molar-refractivity contribution in [2.24, 2.45) is 0 Å². The first-order chi connectivity index (χ1) is 13.2. The van der Waals surface area contributed by atoms with Crippen LogP contribution in [-0.4, -0.2) is 43.9 Å². The number of anilines is 1. The molecule has 0 heterocycles. The summed E-state index contributed by atoms with van der Waals surface area (Å²) >= 11 is 0. The van der Waals surface area contributed by atoms with Gasteiger partial charge in [-0.1, -0.05) is 39.0 Å². The van der Waals surface area contributed by atoms with Crippen molar-refractivity contribution in [3.8, 4) is 0 Å². The molecule has 150 valence electrons. The van der Waals surface area contributed by atoms with E-state index in [4.69, 9.17) is 0 Å². The summed E-state index contributed by atoms with van der Waals surface area (Å²) in [5, 5.41) is 5.89. The van der Waals surface area contributed by atoms with E-state index >= 15 is 0 Å². The van der Waals surface area contributed by atoms with Crippen molar-refractivity contribution in [1.82, 2.24) is 10.2 Å². The number of hydrogen-bond donors (Lipinski definition) is 2. The van der Waals surface area contributed by atoms with Gasteiger partial charge in [0.25, 0.3) is 11.8 Å². The molecule has 5 heteroatoms. The fourth-order valence-electron chi connectivity index (χ4n) is 2.91. The smallest absolute Gasteiger partial charge is 0.255 e. The molecule has 0 fully saturated rings. The van der Waals surface area contributed by atoms with Gasteiger partial charge in [-0.25, -0.2) is 0 Å². The predicted molar refractivity (Wildman–Crippen MR) is 115 cm³/mol. The van der Waals surface area contributed by atoms with Crippen molar-refractivity contribution in [3.63, 3.8) is 0 Å². The highest BCUT2D eigenvalue weighted by atomic mass is 16.2. The van der Waals surface area contributed by atoms with Crippen LogP contribution in [0.1, 0.15) is 53.5 Å². The van der Waals surface area contributed by atoms with Crippen molar-refractivity contribution in [3.05, 3.63) is 65.2 Å². The highest BCUT2D eigenvalue weighted by Crippen LogP contribution is 2.29. The maximum absolute atomic E-state index is 12.6. The molecule has 5 nitrogen and oxygen atoms in total. The van der Waals surface area contributed by atoms with E-state index < -0.39 is 0 Å². The number of rotatable bonds is 7. The SMILES string of the molecule is CN(C)CCCNC(=O)c1ccc(C(=O)Nc2ccccc2C(C)(C)C)cc1. The molecule has 0 aliphatic rings. The first-order valence-corrected chi connectivity index (χ1v) is 9.62. The largest absolute Gasteiger partial charge is 0.352 e. The predicted octanol–water partition coefficient (Wildman–Crippen LogP) is 3.92. The van der Waals surface area contributed by atoms with E-state index in [2.05, 4.69) is 36.3 Å². The third-order valence-corrected chi connectivity index (χ3v) is 4.46. The van der Waals surface area contributed by atoms with Crippen LogP contribution in [-0.2, 0) is 5.41 Å². The zero-order chi connectivity index (χ0) is 20.7. The molecule has 0 aliphatic carbocycles. The van der Waals surface area contributed by atoms with Gasteiger partial charge in [0.15, 0.2) is 0 Å². The average molecular weight is 382 g/mol. The van der Waals surface area contributed by atoms with Crippen LogP contribution in [0, 0.1) is 0 Å². The summed E-state index contributed by atoms with van der Waals surface area (Å²) in [5.74, 6) is -0.307. The van der Waals surface area contributed by atoms with Gasteiger partial charge in [-0.15, -0.1) is 0 Å². The lowest BCUT2D eigenvalue weighted by atomic mass is 9.86. The molecule has 0 unspecified atom stereocenters. The highest BCUT2D eigenvalue weighted by Gasteiger charge is 2.19. The topological polar surface area (TPSA) is 61.4 Å². The zero-order valence-electron chi connectivity index (χ0n) is 17.5. The molecular weight excluding hydrogens is 350 g/mol. The Labute approximate surface area is 168 Å². The Kier molecular flexibility index (Phi) is 7.35. The summed E-state index contributed by atoms with van der Waals surface area (Å²) in [5.41, 5.74) is 2.89. The summed E-state index contributed by atoms with van der Waals surface area (Å²) in [6, 6.07) is 14.6. The van der Waals surface area contributed by atoms with Crippen LogP contribution in [0.4, 0.5) is 5.69 Å². The van der Waals surface area contributed by atoms with Crippen LogP contribution >= 0.6 is 0 Å². The minimum Gasteiger partial charge on any atom is -0.352 e. The molecule has 2 rings (SSSR count). The van der Waals surface area contributed by atoms with Gasteiger partial charge in [0.1, 0.15) is 0 Å². The Morgan fingerprint density at radius 3 is 2.04 bits per heavy atom. The second-order valence-electron chi connectivity index (χ2n) is 8.24. The minimum atomic E-state index is -0.186. The van der Waals surface area contributed by atoms with Gasteiger partial charge in [-0.05, 0) is 68.4 Å². The lowest BCUT2D eigenvalue weighted by molar-refractivity contribution is 0.0950. The molecule has 2 aromatic rings. The number of carbonyl (C=O) groups is 2. The second kappa shape index (κ2) is 9.51. The maximum atomic E-state index is 12.6. The van der Waals surface area contributed by atoms with Crippen molar-refractivity contribution in [2.75, 3.05) is 32.5 Å². The van der Waals surface area contributed by atoms with Crippen molar-refractivity contribution < 1.29 is 9.59 Å². The standard InChI is InChI=1S/C23H31N3O2/c1-23(2,3)19-9-6-7-10-20(19)25-22(28)18-13-11-17(12-14-18)21(27)24-15-8-16-26(4)5/h6-7,9-14H,8,15-16H2,1-5H3,(H,24,27)(H,25,28). The number of hydrogen-bond acceptors (Lipinski definition) is 3. The van der Waals surface area contributed by atoms with Gasteiger partial charge >= 0.3 is 0 Å². The van der Waals surface area contributed by atoms with Crippen LogP contribution < -0.4 is 10.6 Å². The molecule has 0 aliphatic heterocycles. The number of amides is 2. The monoisotopic (exact) mass is 381 g/mol. The number of para-hydroxylation sites is 1. The first-order valence-electron chi connectivity index (χ1n) is 9.62. The van der Waals surface area contributed by atoms with Crippen molar-refractivity contribution in [1.29, 1.82) is 0 Å². The van der Waals surface area contributed by atoms with Crippen LogP contribution in [0.15, 0.2) is 48.5 Å². The van der Waals surface area contributed by atoms with E-state index in [0.717, 1.165) is 24.2 Å². The number of carbonyl (C=O) groups excluding carboxylic acids is 2. The van der Waals surface area contributed by atoms with Crippen molar-refractivity contribution >= 4 is 17.5 Å². The molecule has 0 aromatic heterocycles. The summed E-state index contributed by atoms with van der Waals surface area (Å²) in [6.07, 6.45) is 0.895. The summed E-state index contributed by atoms with van der Waals surface area (Å²) in [7, 11) is 4.01. The molecule has 0 saturated carbocycles.